The van der Waals surface area contributed by atoms with Crippen LogP contribution in [-0.4, -0.2) is 49.0 Å². The molecule has 174 valence electrons. The summed E-state index contributed by atoms with van der Waals surface area (Å²) in [6, 6.07) is 9.55. The van der Waals surface area contributed by atoms with Crippen LogP contribution in [0.1, 0.15) is 53.2 Å². The van der Waals surface area contributed by atoms with Gasteiger partial charge in [-0.05, 0) is 61.7 Å². The molecule has 33 heavy (non-hydrogen) atoms. The molecule has 0 saturated carbocycles. The highest BCUT2D eigenvalue weighted by atomic mass is 16.5. The van der Waals surface area contributed by atoms with Crippen molar-refractivity contribution in [3.8, 4) is 17.2 Å². The number of methoxy groups -OCH3 is 1. The molecule has 2 aromatic rings. The third-order valence-corrected chi connectivity index (χ3v) is 6.41. The number of carbonyl (C=O) groups is 2. The van der Waals surface area contributed by atoms with Gasteiger partial charge in [-0.1, -0.05) is 12.1 Å². The minimum absolute atomic E-state index is 0.0490. The Hall–Kier alpha value is -3.28. The standard InChI is InChI=1S/C27H31NO5/c1-5-32-23-8-6-20(16-24(23)31-4)7-9-25(30)28-12-10-27(11-13-28)17-22(29)21-15-18(2)14-19(3)26(21)33-27/h6-9,14-16H,5,10-13,17H2,1-4H3/b9-7+. The van der Waals surface area contributed by atoms with E-state index < -0.39 is 5.60 Å². The van der Waals surface area contributed by atoms with Crippen LogP contribution in [0, 0.1) is 13.8 Å². The van der Waals surface area contributed by atoms with Gasteiger partial charge in [0.15, 0.2) is 17.3 Å². The number of nitrogens with zero attached hydrogens (tertiary/aromatic N) is 1. The molecule has 1 saturated heterocycles. The molecule has 6 nitrogen and oxygen atoms in total. The highest BCUT2D eigenvalue weighted by Crippen LogP contribution is 2.41. The number of aryl methyl sites for hydroxylation is 2. The van der Waals surface area contributed by atoms with E-state index in [4.69, 9.17) is 14.2 Å². The molecule has 1 spiro atoms. The largest absolute Gasteiger partial charge is 0.493 e. The molecule has 0 aliphatic carbocycles. The third-order valence-electron chi connectivity index (χ3n) is 6.41. The van der Waals surface area contributed by atoms with E-state index in [1.807, 2.05) is 56.0 Å². The maximum absolute atomic E-state index is 12.9. The van der Waals surface area contributed by atoms with E-state index >= 15 is 0 Å². The highest BCUT2D eigenvalue weighted by Gasteiger charge is 2.44. The highest BCUT2D eigenvalue weighted by molar-refractivity contribution is 6.01. The predicted molar refractivity (Wildman–Crippen MR) is 127 cm³/mol. The molecule has 1 fully saturated rings. The number of hydrogen-bond acceptors (Lipinski definition) is 5. The van der Waals surface area contributed by atoms with Crippen LogP contribution in [0.2, 0.25) is 0 Å². The maximum Gasteiger partial charge on any atom is 0.246 e. The number of ketones is 1. The van der Waals surface area contributed by atoms with E-state index in [-0.39, 0.29) is 11.7 Å². The first-order chi connectivity index (χ1) is 15.8. The number of rotatable bonds is 5. The van der Waals surface area contributed by atoms with Gasteiger partial charge < -0.3 is 19.1 Å². The van der Waals surface area contributed by atoms with Gasteiger partial charge in [-0.3, -0.25) is 9.59 Å². The summed E-state index contributed by atoms with van der Waals surface area (Å²) >= 11 is 0. The van der Waals surface area contributed by atoms with Crippen LogP contribution in [-0.2, 0) is 4.79 Å². The van der Waals surface area contributed by atoms with Gasteiger partial charge in [-0.25, -0.2) is 0 Å². The lowest BCUT2D eigenvalue weighted by Crippen LogP contribution is -2.52. The van der Waals surface area contributed by atoms with Crippen molar-refractivity contribution < 1.29 is 23.8 Å². The van der Waals surface area contributed by atoms with Crippen molar-refractivity contribution in [2.45, 2.75) is 45.6 Å². The average molecular weight is 450 g/mol. The molecular formula is C27H31NO5. The Morgan fingerprint density at radius 1 is 1.15 bits per heavy atom. The third kappa shape index (κ3) is 4.75. The zero-order chi connectivity index (χ0) is 23.6. The van der Waals surface area contributed by atoms with Crippen LogP contribution in [0.5, 0.6) is 17.2 Å². The number of ether oxygens (including phenoxy) is 3. The molecule has 0 unspecified atom stereocenters. The van der Waals surface area contributed by atoms with Gasteiger partial charge in [-0.2, -0.15) is 0 Å². The van der Waals surface area contributed by atoms with Crippen molar-refractivity contribution in [1.29, 1.82) is 0 Å². The molecular weight excluding hydrogens is 418 g/mol. The van der Waals surface area contributed by atoms with Gasteiger partial charge >= 0.3 is 0 Å². The first kappa shape index (κ1) is 22.9. The van der Waals surface area contributed by atoms with E-state index in [0.29, 0.717) is 61.8 Å². The first-order valence-electron chi connectivity index (χ1n) is 11.5. The Balaban J connectivity index is 1.41. The number of Topliss-reactive ketones (excluding diaryl/α,β-unsaturated/α-hetero) is 1. The second-order valence-corrected chi connectivity index (χ2v) is 8.85. The number of benzene rings is 2. The quantitative estimate of drug-likeness (QED) is 0.617. The summed E-state index contributed by atoms with van der Waals surface area (Å²) in [5.74, 6) is 2.11. The zero-order valence-corrected chi connectivity index (χ0v) is 19.8. The lowest BCUT2D eigenvalue weighted by Gasteiger charge is -2.44. The first-order valence-corrected chi connectivity index (χ1v) is 11.5. The summed E-state index contributed by atoms with van der Waals surface area (Å²) in [6.45, 7) is 7.57. The van der Waals surface area contributed by atoms with Crippen LogP contribution in [0.15, 0.2) is 36.4 Å². The minimum Gasteiger partial charge on any atom is -0.493 e. The van der Waals surface area contributed by atoms with E-state index in [0.717, 1.165) is 16.7 Å². The van der Waals surface area contributed by atoms with Crippen molar-refractivity contribution in [2.75, 3.05) is 26.8 Å². The fourth-order valence-electron chi connectivity index (χ4n) is 4.69. The van der Waals surface area contributed by atoms with E-state index in [2.05, 4.69) is 0 Å². The zero-order valence-electron chi connectivity index (χ0n) is 19.8. The molecule has 2 aliphatic heterocycles. The normalized spacial score (nSPS) is 17.1. The molecule has 0 atom stereocenters. The van der Waals surface area contributed by atoms with Gasteiger partial charge in [0.05, 0.1) is 25.7 Å². The lowest BCUT2D eigenvalue weighted by molar-refractivity contribution is -0.129. The second kappa shape index (κ2) is 9.30. The van der Waals surface area contributed by atoms with Crippen LogP contribution < -0.4 is 14.2 Å². The average Bonchev–Trinajstić information content (AvgIpc) is 2.80. The van der Waals surface area contributed by atoms with E-state index in [1.165, 1.54) is 0 Å². The molecule has 6 heteroatoms. The Morgan fingerprint density at radius 3 is 2.61 bits per heavy atom. The maximum atomic E-state index is 12.9. The van der Waals surface area contributed by atoms with Gasteiger partial charge in [0.2, 0.25) is 5.91 Å². The fourth-order valence-corrected chi connectivity index (χ4v) is 4.69. The molecule has 0 aromatic heterocycles. The predicted octanol–water partition coefficient (Wildman–Crippen LogP) is 4.75. The summed E-state index contributed by atoms with van der Waals surface area (Å²) in [6.07, 6.45) is 5.02. The number of fused-ring (bicyclic) bond motifs is 1. The number of likely N-dealkylation sites (tertiary alicyclic amines) is 1. The van der Waals surface area contributed by atoms with Crippen molar-refractivity contribution in [3.63, 3.8) is 0 Å². The smallest absolute Gasteiger partial charge is 0.246 e. The van der Waals surface area contributed by atoms with Crippen molar-refractivity contribution >= 4 is 17.8 Å². The summed E-state index contributed by atoms with van der Waals surface area (Å²) in [5, 5.41) is 0. The molecule has 1 amide bonds. The van der Waals surface area contributed by atoms with Gasteiger partial charge in [0.1, 0.15) is 11.4 Å². The molecule has 0 radical (unpaired) electrons. The Kier molecular flexibility index (Phi) is 6.45. The Labute approximate surface area is 195 Å². The molecule has 2 heterocycles. The van der Waals surface area contributed by atoms with Crippen molar-refractivity contribution in [2.24, 2.45) is 0 Å². The second-order valence-electron chi connectivity index (χ2n) is 8.85. The lowest BCUT2D eigenvalue weighted by atomic mass is 9.81. The van der Waals surface area contributed by atoms with E-state index in [1.54, 1.807) is 19.3 Å². The van der Waals surface area contributed by atoms with Crippen LogP contribution >= 0.6 is 0 Å². The topological polar surface area (TPSA) is 65.1 Å². The summed E-state index contributed by atoms with van der Waals surface area (Å²) in [4.78, 5) is 27.5. The summed E-state index contributed by atoms with van der Waals surface area (Å²) in [7, 11) is 1.60. The molecule has 0 bridgehead atoms. The SMILES string of the molecule is CCOc1ccc(/C=C/C(=O)N2CCC3(CC2)CC(=O)c2cc(C)cc(C)c2O3)cc1OC. The van der Waals surface area contributed by atoms with Gasteiger partial charge in [0, 0.05) is 32.0 Å². The van der Waals surface area contributed by atoms with Crippen molar-refractivity contribution in [3.05, 3.63) is 58.7 Å². The number of carbonyl (C=O) groups excluding carboxylic acids is 2. The van der Waals surface area contributed by atoms with Crippen LogP contribution in [0.3, 0.4) is 0 Å². The van der Waals surface area contributed by atoms with Crippen LogP contribution in [0.25, 0.3) is 6.08 Å². The molecule has 0 N–H and O–H groups in total. The summed E-state index contributed by atoms with van der Waals surface area (Å²) in [5.41, 5.74) is 3.08. The van der Waals surface area contributed by atoms with Crippen molar-refractivity contribution in [1.82, 2.24) is 4.90 Å². The summed E-state index contributed by atoms with van der Waals surface area (Å²) < 4.78 is 17.3. The molecule has 4 rings (SSSR count). The Morgan fingerprint density at radius 2 is 1.91 bits per heavy atom. The Bertz CT molecular complexity index is 1100. The molecule has 2 aliphatic rings. The van der Waals surface area contributed by atoms with Gasteiger partial charge in [-0.15, -0.1) is 0 Å². The number of piperidine rings is 1. The van der Waals surface area contributed by atoms with E-state index in [9.17, 15) is 9.59 Å². The number of hydrogen-bond donors (Lipinski definition) is 0. The monoisotopic (exact) mass is 449 g/mol. The fraction of sp³-hybridized carbons (Fsp3) is 0.407. The van der Waals surface area contributed by atoms with Gasteiger partial charge in [0.25, 0.3) is 0 Å². The minimum atomic E-state index is -0.521. The molecule has 2 aromatic carbocycles. The van der Waals surface area contributed by atoms with Crippen LogP contribution in [0.4, 0.5) is 0 Å². The number of amides is 1.